The number of amides is 1. The molecule has 0 atom stereocenters. The summed E-state index contributed by atoms with van der Waals surface area (Å²) in [5.41, 5.74) is 4.36. The average molecular weight is 254 g/mol. The van der Waals surface area contributed by atoms with Crippen molar-refractivity contribution in [2.45, 2.75) is 6.92 Å². The molecule has 2 N–H and O–H groups in total. The molecule has 4 nitrogen and oxygen atoms in total. The van der Waals surface area contributed by atoms with Crippen molar-refractivity contribution in [3.8, 4) is 5.75 Å². The smallest absolute Gasteiger partial charge is 0.256 e. The summed E-state index contributed by atoms with van der Waals surface area (Å²) in [7, 11) is 1.61. The number of aryl methyl sites for hydroxylation is 1. The molecular formula is C15H14N2O2. The van der Waals surface area contributed by atoms with E-state index < -0.39 is 0 Å². The first-order valence-corrected chi connectivity index (χ1v) is 6.05. The second-order valence-electron chi connectivity index (χ2n) is 4.47. The number of hydrogen-bond acceptors (Lipinski definition) is 2. The number of fused-ring (bicyclic) bond motifs is 1. The Bertz CT molecular complexity index is 683. The molecule has 0 unspecified atom stereocenters. The number of H-pyrrole nitrogens is 1. The summed E-state index contributed by atoms with van der Waals surface area (Å²) in [4.78, 5) is 15.1. The fourth-order valence-corrected chi connectivity index (χ4v) is 2.37. The van der Waals surface area contributed by atoms with Crippen LogP contribution >= 0.6 is 0 Å². The lowest BCUT2D eigenvalue weighted by atomic mass is 10.0. The normalized spacial score (nSPS) is 15.5. The van der Waals surface area contributed by atoms with Gasteiger partial charge in [0.25, 0.3) is 5.91 Å². The number of rotatable bonds is 2. The third-order valence-corrected chi connectivity index (χ3v) is 3.28. The van der Waals surface area contributed by atoms with Crippen LogP contribution < -0.4 is 10.1 Å². The van der Waals surface area contributed by atoms with Crippen LogP contribution in [0.25, 0.3) is 11.6 Å². The average Bonchev–Trinajstić information content (AvgIpc) is 2.96. The maximum atomic E-state index is 12.1. The van der Waals surface area contributed by atoms with Crippen LogP contribution in [-0.4, -0.2) is 18.0 Å². The van der Waals surface area contributed by atoms with Crippen molar-refractivity contribution in [3.05, 3.63) is 47.3 Å². The van der Waals surface area contributed by atoms with E-state index in [-0.39, 0.29) is 5.91 Å². The highest BCUT2D eigenvalue weighted by Gasteiger charge is 2.25. The molecule has 0 aliphatic carbocycles. The van der Waals surface area contributed by atoms with Gasteiger partial charge in [0, 0.05) is 17.4 Å². The minimum atomic E-state index is -0.0825. The SMILES string of the molecule is COc1cc[nH]c1/C=C1\C(=O)Nc2cccc(C)c21. The largest absolute Gasteiger partial charge is 0.495 e. The van der Waals surface area contributed by atoms with Crippen molar-refractivity contribution < 1.29 is 9.53 Å². The molecule has 96 valence electrons. The predicted molar refractivity (Wildman–Crippen MR) is 75.0 cm³/mol. The lowest BCUT2D eigenvalue weighted by Crippen LogP contribution is -2.03. The van der Waals surface area contributed by atoms with E-state index in [1.54, 1.807) is 13.3 Å². The zero-order valence-corrected chi connectivity index (χ0v) is 10.8. The number of carbonyl (C=O) groups excluding carboxylic acids is 1. The van der Waals surface area contributed by atoms with Crippen molar-refractivity contribution in [1.82, 2.24) is 4.98 Å². The number of aromatic amines is 1. The number of methoxy groups -OCH3 is 1. The molecule has 1 aliphatic heterocycles. The van der Waals surface area contributed by atoms with E-state index in [2.05, 4.69) is 10.3 Å². The van der Waals surface area contributed by atoms with Crippen LogP contribution in [0.3, 0.4) is 0 Å². The van der Waals surface area contributed by atoms with Crippen molar-refractivity contribution >= 4 is 23.2 Å². The summed E-state index contributed by atoms with van der Waals surface area (Å²) >= 11 is 0. The molecule has 19 heavy (non-hydrogen) atoms. The Morgan fingerprint density at radius 2 is 2.11 bits per heavy atom. The highest BCUT2D eigenvalue weighted by atomic mass is 16.5. The Morgan fingerprint density at radius 1 is 1.26 bits per heavy atom. The van der Waals surface area contributed by atoms with Crippen molar-refractivity contribution in [3.63, 3.8) is 0 Å². The van der Waals surface area contributed by atoms with Gasteiger partial charge in [0.05, 0.1) is 18.4 Å². The first kappa shape index (κ1) is 11.6. The number of benzene rings is 1. The summed E-state index contributed by atoms with van der Waals surface area (Å²) in [5, 5.41) is 2.88. The Kier molecular flexibility index (Phi) is 2.63. The molecule has 0 spiro atoms. The number of nitrogens with one attached hydrogen (secondary N) is 2. The molecule has 0 fully saturated rings. The quantitative estimate of drug-likeness (QED) is 0.810. The third-order valence-electron chi connectivity index (χ3n) is 3.28. The van der Waals surface area contributed by atoms with Crippen LogP contribution in [0.1, 0.15) is 16.8 Å². The van der Waals surface area contributed by atoms with E-state index in [9.17, 15) is 4.79 Å². The van der Waals surface area contributed by atoms with Gasteiger partial charge in [-0.2, -0.15) is 0 Å². The molecule has 1 aromatic carbocycles. The highest BCUT2D eigenvalue weighted by molar-refractivity contribution is 6.35. The van der Waals surface area contributed by atoms with Gasteiger partial charge in [0.2, 0.25) is 0 Å². The minimum Gasteiger partial charge on any atom is -0.495 e. The minimum absolute atomic E-state index is 0.0825. The van der Waals surface area contributed by atoms with E-state index in [1.165, 1.54) is 0 Å². The molecule has 2 heterocycles. The molecule has 1 aliphatic rings. The first-order valence-electron chi connectivity index (χ1n) is 6.05. The lowest BCUT2D eigenvalue weighted by Gasteiger charge is -2.03. The van der Waals surface area contributed by atoms with Crippen LogP contribution in [0, 0.1) is 6.92 Å². The molecule has 0 saturated heterocycles. The molecule has 4 heteroatoms. The van der Waals surface area contributed by atoms with Crippen LogP contribution in [0.2, 0.25) is 0 Å². The standard InChI is InChI=1S/C15H14N2O2/c1-9-4-3-5-11-14(9)10(15(18)17-11)8-12-13(19-2)6-7-16-12/h3-8,16H,1-2H3,(H,17,18)/b10-8-. The maximum Gasteiger partial charge on any atom is 0.256 e. The second kappa shape index (κ2) is 4.31. The monoisotopic (exact) mass is 254 g/mol. The molecular weight excluding hydrogens is 240 g/mol. The maximum absolute atomic E-state index is 12.1. The van der Waals surface area contributed by atoms with Gasteiger partial charge in [0.15, 0.2) is 0 Å². The Hall–Kier alpha value is -2.49. The van der Waals surface area contributed by atoms with Crippen LogP contribution in [0.5, 0.6) is 5.75 Å². The predicted octanol–water partition coefficient (Wildman–Crippen LogP) is 2.82. The fourth-order valence-electron chi connectivity index (χ4n) is 2.37. The highest BCUT2D eigenvalue weighted by Crippen LogP contribution is 2.36. The van der Waals surface area contributed by atoms with Gasteiger partial charge in [-0.05, 0) is 30.7 Å². The lowest BCUT2D eigenvalue weighted by molar-refractivity contribution is -0.110. The third kappa shape index (κ3) is 1.81. The summed E-state index contributed by atoms with van der Waals surface area (Å²) in [6.07, 6.45) is 3.61. The summed E-state index contributed by atoms with van der Waals surface area (Å²) in [6.45, 7) is 2.00. The van der Waals surface area contributed by atoms with Crippen molar-refractivity contribution in [2.75, 3.05) is 12.4 Å². The Morgan fingerprint density at radius 3 is 2.89 bits per heavy atom. The van der Waals surface area contributed by atoms with E-state index in [4.69, 9.17) is 4.74 Å². The first-order chi connectivity index (χ1) is 9.20. The molecule has 0 saturated carbocycles. The van der Waals surface area contributed by atoms with Gasteiger partial charge >= 0.3 is 0 Å². The number of hydrogen-bond donors (Lipinski definition) is 2. The number of carbonyl (C=O) groups is 1. The van der Waals surface area contributed by atoms with Crippen molar-refractivity contribution in [1.29, 1.82) is 0 Å². The fraction of sp³-hybridized carbons (Fsp3) is 0.133. The van der Waals surface area contributed by atoms with E-state index in [0.29, 0.717) is 5.57 Å². The molecule has 0 radical (unpaired) electrons. The number of aromatic nitrogens is 1. The van der Waals surface area contributed by atoms with Gasteiger partial charge in [-0.1, -0.05) is 12.1 Å². The topological polar surface area (TPSA) is 54.1 Å². The van der Waals surface area contributed by atoms with Crippen LogP contribution in [0.4, 0.5) is 5.69 Å². The number of anilines is 1. The summed E-state index contributed by atoms with van der Waals surface area (Å²) in [6, 6.07) is 7.68. The zero-order valence-electron chi connectivity index (χ0n) is 10.8. The van der Waals surface area contributed by atoms with E-state index >= 15 is 0 Å². The Balaban J connectivity index is 2.15. The van der Waals surface area contributed by atoms with Gasteiger partial charge in [-0.15, -0.1) is 0 Å². The second-order valence-corrected chi connectivity index (χ2v) is 4.47. The van der Waals surface area contributed by atoms with Crippen LogP contribution in [0.15, 0.2) is 30.5 Å². The molecule has 1 aromatic heterocycles. The van der Waals surface area contributed by atoms with Gasteiger partial charge in [-0.25, -0.2) is 0 Å². The van der Waals surface area contributed by atoms with E-state index in [0.717, 1.165) is 28.3 Å². The molecule has 0 bridgehead atoms. The molecule has 1 amide bonds. The number of ether oxygens (including phenoxy) is 1. The molecule has 2 aromatic rings. The van der Waals surface area contributed by atoms with Gasteiger partial charge < -0.3 is 15.0 Å². The van der Waals surface area contributed by atoms with Crippen LogP contribution in [-0.2, 0) is 4.79 Å². The van der Waals surface area contributed by atoms with E-state index in [1.807, 2.05) is 37.3 Å². The van der Waals surface area contributed by atoms with Crippen molar-refractivity contribution in [2.24, 2.45) is 0 Å². The molecule has 3 rings (SSSR count). The summed E-state index contributed by atoms with van der Waals surface area (Å²) < 4.78 is 5.24. The van der Waals surface area contributed by atoms with Gasteiger partial charge in [0.1, 0.15) is 5.75 Å². The zero-order chi connectivity index (χ0) is 13.4. The Labute approximate surface area is 111 Å². The van der Waals surface area contributed by atoms with Gasteiger partial charge in [-0.3, -0.25) is 4.79 Å². The summed E-state index contributed by atoms with van der Waals surface area (Å²) in [5.74, 6) is 0.642.